The Kier molecular flexibility index (Phi) is 8.32. The first-order valence-electron chi connectivity index (χ1n) is 6.11. The summed E-state index contributed by atoms with van der Waals surface area (Å²) in [6.45, 7) is 0.152. The summed E-state index contributed by atoms with van der Waals surface area (Å²) in [7, 11) is 0. The highest BCUT2D eigenvalue weighted by atomic mass is 16.4. The molecule has 0 radical (unpaired) electrons. The molecule has 0 spiro atoms. The van der Waals surface area contributed by atoms with E-state index in [9.17, 15) is 35.1 Å². The van der Waals surface area contributed by atoms with Crippen molar-refractivity contribution in [1.82, 2.24) is 5.32 Å². The molecule has 0 rings (SSSR count). The average molecular weight is 310 g/mol. The van der Waals surface area contributed by atoms with E-state index >= 15 is 0 Å². The third-order valence-corrected chi connectivity index (χ3v) is 2.82. The van der Waals surface area contributed by atoms with E-state index in [4.69, 9.17) is 10.2 Å². The van der Waals surface area contributed by atoms with E-state index in [1.165, 1.54) is 0 Å². The Hall–Kier alpha value is -1.30. The van der Waals surface area contributed by atoms with Gasteiger partial charge in [0, 0.05) is 13.3 Å². The highest BCUT2D eigenvalue weighted by Crippen LogP contribution is 2.12. The molecule has 0 fully saturated rings. The van der Waals surface area contributed by atoms with Gasteiger partial charge in [-0.05, 0) is 0 Å². The van der Waals surface area contributed by atoms with E-state index < -0.39 is 61.5 Å². The lowest BCUT2D eigenvalue weighted by Gasteiger charge is -2.33. The molecule has 0 aromatic heterocycles. The molecule has 0 aliphatic carbocycles. The predicted octanol–water partition coefficient (Wildman–Crippen LogP) is -5.57. The minimum atomic E-state index is -2.05. The molecule has 0 bridgehead atoms. The molecular formula is C11H20NO9-. The van der Waals surface area contributed by atoms with Crippen molar-refractivity contribution in [3.63, 3.8) is 0 Å². The maximum Gasteiger partial charge on any atom is 0.217 e. The molecule has 10 nitrogen and oxygen atoms in total. The fraction of sp³-hybridized carbons (Fsp3) is 0.818. The van der Waals surface area contributed by atoms with Crippen LogP contribution < -0.4 is 10.4 Å². The highest BCUT2D eigenvalue weighted by Gasteiger charge is 2.36. The van der Waals surface area contributed by atoms with E-state index in [0.29, 0.717) is 0 Å². The van der Waals surface area contributed by atoms with Crippen molar-refractivity contribution in [1.29, 1.82) is 0 Å². The number of carbonyl (C=O) groups excluding carboxylic acids is 2. The quantitative estimate of drug-likeness (QED) is 0.217. The van der Waals surface area contributed by atoms with Crippen molar-refractivity contribution in [2.45, 2.75) is 49.9 Å². The van der Waals surface area contributed by atoms with Crippen LogP contribution in [0.2, 0.25) is 0 Å². The number of aliphatic hydroxyl groups is 6. The molecule has 10 heteroatoms. The van der Waals surface area contributed by atoms with Crippen molar-refractivity contribution in [3.8, 4) is 0 Å². The Balaban J connectivity index is 5.00. The second kappa shape index (κ2) is 8.87. The van der Waals surface area contributed by atoms with E-state index in [1.807, 2.05) is 0 Å². The van der Waals surface area contributed by atoms with Gasteiger partial charge in [0.1, 0.15) is 18.3 Å². The van der Waals surface area contributed by atoms with Gasteiger partial charge in [-0.15, -0.1) is 0 Å². The SMILES string of the molecule is CC(=O)N[C@@H]([C@@H](O)[C@H](O)[C@H](O)CO)[C@@H](O)C[C@H](O)C(=O)[O-]. The maximum atomic E-state index is 11.0. The summed E-state index contributed by atoms with van der Waals surface area (Å²) in [5.41, 5.74) is 0. The first-order valence-corrected chi connectivity index (χ1v) is 6.11. The molecule has 0 aromatic carbocycles. The van der Waals surface area contributed by atoms with Gasteiger partial charge < -0.3 is 45.9 Å². The van der Waals surface area contributed by atoms with Crippen LogP contribution in [0.1, 0.15) is 13.3 Å². The predicted molar refractivity (Wildman–Crippen MR) is 64.3 cm³/mol. The second-order valence-corrected chi connectivity index (χ2v) is 4.60. The van der Waals surface area contributed by atoms with Gasteiger partial charge in [0.05, 0.1) is 30.8 Å². The van der Waals surface area contributed by atoms with E-state index in [-0.39, 0.29) is 0 Å². The van der Waals surface area contributed by atoms with Crippen LogP contribution in [0.4, 0.5) is 0 Å². The molecule has 0 saturated carbocycles. The monoisotopic (exact) mass is 310 g/mol. The number of carboxylic acids is 1. The van der Waals surface area contributed by atoms with Crippen LogP contribution in [0.25, 0.3) is 0 Å². The molecule has 1 amide bonds. The molecule has 0 heterocycles. The van der Waals surface area contributed by atoms with Gasteiger partial charge >= 0.3 is 0 Å². The fourth-order valence-corrected chi connectivity index (χ4v) is 1.66. The molecule has 0 saturated heterocycles. The largest absolute Gasteiger partial charge is 0.547 e. The number of rotatable bonds is 9. The molecule has 0 unspecified atom stereocenters. The number of nitrogens with one attached hydrogen (secondary N) is 1. The third-order valence-electron chi connectivity index (χ3n) is 2.82. The summed E-state index contributed by atoms with van der Waals surface area (Å²) in [6, 6.07) is -1.58. The molecule has 124 valence electrons. The number of aliphatic hydroxyl groups excluding tert-OH is 6. The lowest BCUT2D eigenvalue weighted by molar-refractivity contribution is -0.316. The summed E-state index contributed by atoms with van der Waals surface area (Å²) < 4.78 is 0. The van der Waals surface area contributed by atoms with Crippen LogP contribution in [-0.2, 0) is 9.59 Å². The van der Waals surface area contributed by atoms with Gasteiger partial charge in [-0.1, -0.05) is 0 Å². The smallest absolute Gasteiger partial charge is 0.217 e. The summed E-state index contributed by atoms with van der Waals surface area (Å²) in [5.74, 6) is -2.58. The number of hydrogen-bond acceptors (Lipinski definition) is 9. The van der Waals surface area contributed by atoms with E-state index in [0.717, 1.165) is 6.92 Å². The van der Waals surface area contributed by atoms with Crippen LogP contribution in [0.3, 0.4) is 0 Å². The Labute approximate surface area is 120 Å². The van der Waals surface area contributed by atoms with Crippen molar-refractivity contribution in [2.24, 2.45) is 0 Å². The first kappa shape index (κ1) is 19.7. The molecule has 7 N–H and O–H groups in total. The zero-order valence-electron chi connectivity index (χ0n) is 11.3. The topological polar surface area (TPSA) is 191 Å². The van der Waals surface area contributed by atoms with Crippen LogP contribution in [-0.4, -0.2) is 85.7 Å². The number of hydrogen-bond donors (Lipinski definition) is 7. The van der Waals surface area contributed by atoms with Gasteiger partial charge in [-0.25, -0.2) is 0 Å². The fourth-order valence-electron chi connectivity index (χ4n) is 1.66. The maximum absolute atomic E-state index is 11.0. The van der Waals surface area contributed by atoms with Gasteiger partial charge in [-0.2, -0.15) is 0 Å². The van der Waals surface area contributed by atoms with Crippen LogP contribution in [0.5, 0.6) is 0 Å². The van der Waals surface area contributed by atoms with Crippen LogP contribution >= 0.6 is 0 Å². The molecular weight excluding hydrogens is 290 g/mol. The summed E-state index contributed by atoms with van der Waals surface area (Å²) >= 11 is 0. The molecule has 0 aliphatic rings. The van der Waals surface area contributed by atoms with Crippen molar-refractivity contribution < 1.29 is 45.3 Å². The van der Waals surface area contributed by atoms with E-state index in [1.54, 1.807) is 0 Å². The second-order valence-electron chi connectivity index (χ2n) is 4.60. The summed E-state index contributed by atoms with van der Waals surface area (Å²) in [5, 5.41) is 68.6. The van der Waals surface area contributed by atoms with Gasteiger partial charge in [0.15, 0.2) is 0 Å². The average Bonchev–Trinajstić information content (AvgIpc) is 2.41. The Morgan fingerprint density at radius 3 is 1.95 bits per heavy atom. The Morgan fingerprint density at radius 2 is 1.57 bits per heavy atom. The first-order chi connectivity index (χ1) is 9.61. The minimum Gasteiger partial charge on any atom is -0.547 e. The minimum absolute atomic E-state index is 0.716. The number of carbonyl (C=O) groups is 2. The lowest BCUT2D eigenvalue weighted by Crippen LogP contribution is -2.58. The summed E-state index contributed by atoms with van der Waals surface area (Å²) in [6.07, 6.45) is -10.2. The van der Waals surface area contributed by atoms with Gasteiger partial charge in [0.25, 0.3) is 0 Å². The van der Waals surface area contributed by atoms with Crippen molar-refractivity contribution in [2.75, 3.05) is 6.61 Å². The van der Waals surface area contributed by atoms with E-state index in [2.05, 4.69) is 5.32 Å². The number of amides is 1. The standard InChI is InChI=1S/C11H21NO9/c1-4(14)12-8(5(15)2-6(16)11(20)21)10(19)9(18)7(17)3-13/h5-10,13,15-19H,2-3H2,1H3,(H,12,14)(H,20,21)/p-1/t5-,6-,7+,8+,9+,10+/m0/s1. The van der Waals surface area contributed by atoms with Crippen molar-refractivity contribution in [3.05, 3.63) is 0 Å². The van der Waals surface area contributed by atoms with Crippen molar-refractivity contribution >= 4 is 11.9 Å². The highest BCUT2D eigenvalue weighted by molar-refractivity contribution is 5.73. The molecule has 21 heavy (non-hydrogen) atoms. The Morgan fingerprint density at radius 1 is 1.05 bits per heavy atom. The molecule has 0 aliphatic heterocycles. The van der Waals surface area contributed by atoms with Crippen LogP contribution in [0.15, 0.2) is 0 Å². The number of carboxylic acid groups (broad SMARTS) is 1. The lowest BCUT2D eigenvalue weighted by atomic mass is 9.93. The zero-order valence-corrected chi connectivity index (χ0v) is 11.3. The zero-order chi connectivity index (χ0) is 16.7. The normalized spacial score (nSPS) is 20.0. The van der Waals surface area contributed by atoms with Gasteiger partial charge in [0.2, 0.25) is 5.91 Å². The third kappa shape index (κ3) is 6.33. The number of aliphatic carboxylic acids is 1. The van der Waals surface area contributed by atoms with Gasteiger partial charge in [-0.3, -0.25) is 4.79 Å². The molecule has 6 atom stereocenters. The molecule has 0 aromatic rings. The van der Waals surface area contributed by atoms with Crippen LogP contribution in [0, 0.1) is 0 Å². The Bertz CT molecular complexity index is 351. The summed E-state index contributed by atoms with van der Waals surface area (Å²) in [4.78, 5) is 21.4.